The number of amides is 1. The highest BCUT2D eigenvalue weighted by molar-refractivity contribution is 7.10. The van der Waals surface area contributed by atoms with E-state index in [0.717, 1.165) is 4.88 Å². The van der Waals surface area contributed by atoms with Gasteiger partial charge < -0.3 is 20.5 Å². The molecule has 20 heavy (non-hydrogen) atoms. The quantitative estimate of drug-likeness (QED) is 0.779. The molecule has 0 aromatic carbocycles. The van der Waals surface area contributed by atoms with Gasteiger partial charge in [-0.25, -0.2) is 4.79 Å². The molecule has 0 radical (unpaired) electrons. The second-order valence-corrected chi connectivity index (χ2v) is 5.68. The lowest BCUT2D eigenvalue weighted by Crippen LogP contribution is -2.48. The fourth-order valence-electron chi connectivity index (χ4n) is 2.37. The fourth-order valence-corrected chi connectivity index (χ4v) is 3.13. The molecule has 7 heteroatoms. The molecule has 1 aromatic heterocycles. The van der Waals surface area contributed by atoms with Crippen molar-refractivity contribution in [3.63, 3.8) is 0 Å². The van der Waals surface area contributed by atoms with E-state index in [2.05, 4.69) is 4.74 Å². The van der Waals surface area contributed by atoms with Gasteiger partial charge in [-0.1, -0.05) is 6.07 Å². The molecular weight excluding hydrogens is 280 g/mol. The summed E-state index contributed by atoms with van der Waals surface area (Å²) in [6.07, 6.45) is -0.0786. The summed E-state index contributed by atoms with van der Waals surface area (Å²) in [5.74, 6) is -0.966. The van der Waals surface area contributed by atoms with Gasteiger partial charge in [-0.3, -0.25) is 4.79 Å². The third kappa shape index (κ3) is 2.84. The van der Waals surface area contributed by atoms with Crippen molar-refractivity contribution in [2.75, 3.05) is 13.7 Å². The van der Waals surface area contributed by atoms with Crippen LogP contribution in [0.3, 0.4) is 0 Å². The van der Waals surface area contributed by atoms with Crippen molar-refractivity contribution in [3.8, 4) is 0 Å². The second kappa shape index (κ2) is 6.34. The maximum atomic E-state index is 12.3. The summed E-state index contributed by atoms with van der Waals surface area (Å²) in [6.45, 7) is 0.437. The van der Waals surface area contributed by atoms with Crippen molar-refractivity contribution in [2.45, 2.75) is 31.0 Å². The lowest BCUT2D eigenvalue weighted by Gasteiger charge is -2.27. The Balaban J connectivity index is 2.08. The van der Waals surface area contributed by atoms with Gasteiger partial charge in [0.15, 0.2) is 6.10 Å². The molecule has 0 bridgehead atoms. The van der Waals surface area contributed by atoms with Crippen LogP contribution >= 0.6 is 11.3 Å². The molecule has 1 amide bonds. The van der Waals surface area contributed by atoms with Crippen molar-refractivity contribution >= 4 is 23.2 Å². The minimum atomic E-state index is -1.35. The predicted octanol–water partition coefficient (Wildman–Crippen LogP) is 0.273. The fraction of sp³-hybridized carbons (Fsp3) is 0.538. The molecule has 1 aliphatic heterocycles. The first kappa shape index (κ1) is 15.0. The van der Waals surface area contributed by atoms with Crippen LogP contribution in [0.2, 0.25) is 0 Å². The maximum absolute atomic E-state index is 12.3. The third-order valence-corrected chi connectivity index (χ3v) is 4.45. The number of methoxy groups -OCH3 is 1. The van der Waals surface area contributed by atoms with E-state index in [0.29, 0.717) is 19.4 Å². The Morgan fingerprint density at radius 2 is 2.35 bits per heavy atom. The standard InChI is InChI=1S/C13H18N2O4S/c1-19-13(18)8-4-2-6-15(8)12(17)11(16)10(14)9-5-3-7-20-9/h3,5,7-8,10-11,16H,2,4,6,14H2,1H3/t8-,10+,11-/m0/s1. The predicted molar refractivity (Wildman–Crippen MR) is 74.0 cm³/mol. The van der Waals surface area contributed by atoms with Crippen LogP contribution in [0.25, 0.3) is 0 Å². The highest BCUT2D eigenvalue weighted by atomic mass is 32.1. The number of aliphatic hydroxyl groups excluding tert-OH is 1. The number of hydrogen-bond donors (Lipinski definition) is 2. The number of nitrogens with two attached hydrogens (primary N) is 1. The van der Waals surface area contributed by atoms with E-state index in [-0.39, 0.29) is 0 Å². The number of esters is 1. The molecule has 3 N–H and O–H groups in total. The summed E-state index contributed by atoms with van der Waals surface area (Å²) in [4.78, 5) is 26.0. The number of likely N-dealkylation sites (tertiary alicyclic amines) is 1. The van der Waals surface area contributed by atoms with Gasteiger partial charge in [-0.05, 0) is 24.3 Å². The van der Waals surface area contributed by atoms with E-state index in [4.69, 9.17) is 5.73 Å². The van der Waals surface area contributed by atoms with Crippen LogP contribution in [-0.2, 0) is 14.3 Å². The number of nitrogens with zero attached hydrogens (tertiary/aromatic N) is 1. The van der Waals surface area contributed by atoms with Crippen LogP contribution < -0.4 is 5.73 Å². The summed E-state index contributed by atoms with van der Waals surface area (Å²) in [6, 6.07) is 2.19. The molecule has 110 valence electrons. The van der Waals surface area contributed by atoms with Crippen LogP contribution in [0.5, 0.6) is 0 Å². The SMILES string of the molecule is COC(=O)[C@@H]1CCCN1C(=O)[C@@H](O)[C@H](N)c1cccs1. The van der Waals surface area contributed by atoms with Crippen molar-refractivity contribution in [2.24, 2.45) is 5.73 Å². The van der Waals surface area contributed by atoms with E-state index in [1.807, 2.05) is 11.4 Å². The number of rotatable bonds is 4. The van der Waals surface area contributed by atoms with Gasteiger partial charge in [0.05, 0.1) is 13.2 Å². The first-order valence-corrected chi connectivity index (χ1v) is 7.29. The molecule has 6 nitrogen and oxygen atoms in total. The minimum Gasteiger partial charge on any atom is -0.467 e. The topological polar surface area (TPSA) is 92.9 Å². The summed E-state index contributed by atoms with van der Waals surface area (Å²) in [5, 5.41) is 12.0. The van der Waals surface area contributed by atoms with Crippen LogP contribution in [0.1, 0.15) is 23.8 Å². The summed E-state index contributed by atoms with van der Waals surface area (Å²) < 4.78 is 4.68. The van der Waals surface area contributed by atoms with Crippen LogP contribution in [0.15, 0.2) is 17.5 Å². The van der Waals surface area contributed by atoms with Gasteiger partial charge in [-0.15, -0.1) is 11.3 Å². The molecule has 0 aliphatic carbocycles. The van der Waals surface area contributed by atoms with Gasteiger partial charge in [0, 0.05) is 11.4 Å². The number of hydrogen-bond acceptors (Lipinski definition) is 6. The third-order valence-electron chi connectivity index (χ3n) is 3.47. The van der Waals surface area contributed by atoms with Crippen molar-refractivity contribution in [1.29, 1.82) is 0 Å². The smallest absolute Gasteiger partial charge is 0.328 e. The average molecular weight is 298 g/mol. The summed E-state index contributed by atoms with van der Waals surface area (Å²) >= 11 is 1.38. The molecule has 1 saturated heterocycles. The van der Waals surface area contributed by atoms with Crippen LogP contribution in [0.4, 0.5) is 0 Å². The Kier molecular flexibility index (Phi) is 4.74. The van der Waals surface area contributed by atoms with Gasteiger partial charge in [0.25, 0.3) is 5.91 Å². The van der Waals surface area contributed by atoms with Gasteiger partial charge in [-0.2, -0.15) is 0 Å². The van der Waals surface area contributed by atoms with E-state index in [9.17, 15) is 14.7 Å². The largest absolute Gasteiger partial charge is 0.467 e. The first-order valence-electron chi connectivity index (χ1n) is 6.41. The van der Waals surface area contributed by atoms with E-state index >= 15 is 0 Å². The monoisotopic (exact) mass is 298 g/mol. The van der Waals surface area contributed by atoms with Gasteiger partial charge in [0.2, 0.25) is 0 Å². The molecule has 0 saturated carbocycles. The normalized spacial score (nSPS) is 21.6. The Hall–Kier alpha value is -1.44. The first-order chi connectivity index (χ1) is 9.56. The lowest BCUT2D eigenvalue weighted by atomic mass is 10.1. The van der Waals surface area contributed by atoms with Crippen molar-refractivity contribution < 1.29 is 19.4 Å². The molecule has 0 spiro atoms. The van der Waals surface area contributed by atoms with Gasteiger partial charge in [0.1, 0.15) is 6.04 Å². The number of aliphatic hydroxyl groups is 1. The Bertz CT molecular complexity index is 477. The zero-order valence-corrected chi connectivity index (χ0v) is 12.0. The zero-order valence-electron chi connectivity index (χ0n) is 11.2. The van der Waals surface area contributed by atoms with Gasteiger partial charge >= 0.3 is 5.97 Å². The minimum absolute atomic E-state index is 0.437. The number of thiophene rings is 1. The molecule has 3 atom stereocenters. The summed E-state index contributed by atoms with van der Waals surface area (Å²) in [7, 11) is 1.29. The molecule has 1 aliphatic rings. The van der Waals surface area contributed by atoms with Crippen LogP contribution in [0, 0.1) is 0 Å². The molecular formula is C13H18N2O4S. The molecule has 0 unspecified atom stereocenters. The van der Waals surface area contributed by atoms with Crippen molar-refractivity contribution in [1.82, 2.24) is 4.90 Å². The molecule has 2 heterocycles. The second-order valence-electron chi connectivity index (χ2n) is 4.70. The zero-order chi connectivity index (χ0) is 14.7. The number of carbonyl (C=O) groups excluding carboxylic acids is 2. The maximum Gasteiger partial charge on any atom is 0.328 e. The summed E-state index contributed by atoms with van der Waals surface area (Å²) in [5.41, 5.74) is 5.90. The Morgan fingerprint density at radius 1 is 1.60 bits per heavy atom. The Labute approximate surface area is 121 Å². The van der Waals surface area contributed by atoms with E-state index < -0.39 is 30.1 Å². The molecule has 2 rings (SSSR count). The number of ether oxygens (including phenoxy) is 1. The molecule has 1 fully saturated rings. The van der Waals surface area contributed by atoms with Crippen molar-refractivity contribution in [3.05, 3.63) is 22.4 Å². The van der Waals surface area contributed by atoms with Crippen LogP contribution in [-0.4, -0.2) is 47.7 Å². The highest BCUT2D eigenvalue weighted by Crippen LogP contribution is 2.24. The highest BCUT2D eigenvalue weighted by Gasteiger charge is 2.39. The Morgan fingerprint density at radius 3 is 2.95 bits per heavy atom. The average Bonchev–Trinajstić information content (AvgIpc) is 3.14. The van der Waals surface area contributed by atoms with E-state index in [1.165, 1.54) is 23.3 Å². The number of carbonyl (C=O) groups is 2. The van der Waals surface area contributed by atoms with E-state index in [1.54, 1.807) is 6.07 Å². The molecule has 1 aromatic rings. The lowest BCUT2D eigenvalue weighted by molar-refractivity contribution is -0.154.